The minimum Gasteiger partial charge on any atom is -0.383 e. The monoisotopic (exact) mass is 255 g/mol. The number of aliphatic hydroxyl groups is 1. The van der Waals surface area contributed by atoms with Gasteiger partial charge in [-0.25, -0.2) is 13.8 Å². The smallest absolute Gasteiger partial charge is 0.164 e. The van der Waals surface area contributed by atoms with Gasteiger partial charge in [-0.05, 0) is 12.1 Å². The van der Waals surface area contributed by atoms with Crippen molar-refractivity contribution in [2.24, 2.45) is 0 Å². The van der Waals surface area contributed by atoms with Crippen LogP contribution in [0.3, 0.4) is 0 Å². The third-order valence-electron chi connectivity index (χ3n) is 2.34. The fourth-order valence-electron chi connectivity index (χ4n) is 1.46. The number of hydrogen-bond donors (Lipinski definition) is 1. The van der Waals surface area contributed by atoms with Gasteiger partial charge in [0.25, 0.3) is 0 Å². The van der Waals surface area contributed by atoms with Gasteiger partial charge in [-0.15, -0.1) is 0 Å². The van der Waals surface area contributed by atoms with Crippen molar-refractivity contribution in [1.29, 1.82) is 0 Å². The first-order valence-electron chi connectivity index (χ1n) is 4.83. The van der Waals surface area contributed by atoms with E-state index in [9.17, 15) is 13.9 Å². The molecule has 1 atom stereocenters. The maximum absolute atomic E-state index is 13.4. The number of halogens is 3. The number of aromatic nitrogens is 1. The van der Waals surface area contributed by atoms with E-state index in [1.807, 2.05) is 0 Å². The highest BCUT2D eigenvalue weighted by molar-refractivity contribution is 6.29. The minimum atomic E-state index is -1.27. The number of benzene rings is 1. The highest BCUT2D eigenvalue weighted by Gasteiger charge is 2.17. The number of rotatable bonds is 2. The van der Waals surface area contributed by atoms with Gasteiger partial charge in [0.05, 0.1) is 0 Å². The lowest BCUT2D eigenvalue weighted by Gasteiger charge is -2.12. The van der Waals surface area contributed by atoms with E-state index in [1.165, 1.54) is 30.5 Å². The third kappa shape index (κ3) is 2.43. The van der Waals surface area contributed by atoms with Crippen LogP contribution in [0.4, 0.5) is 8.78 Å². The summed E-state index contributed by atoms with van der Waals surface area (Å²) in [4.78, 5) is 3.77. The Labute approximate surface area is 102 Å². The van der Waals surface area contributed by atoms with E-state index in [0.717, 1.165) is 6.07 Å². The zero-order valence-electron chi connectivity index (χ0n) is 8.57. The molecule has 2 rings (SSSR count). The van der Waals surface area contributed by atoms with Crippen LogP contribution >= 0.6 is 11.6 Å². The van der Waals surface area contributed by atoms with E-state index >= 15 is 0 Å². The fraction of sp³-hybridized carbons (Fsp3) is 0.0833. The largest absolute Gasteiger partial charge is 0.383 e. The van der Waals surface area contributed by atoms with Gasteiger partial charge in [-0.2, -0.15) is 0 Å². The summed E-state index contributed by atoms with van der Waals surface area (Å²) in [6.07, 6.45) is 0.0487. The Morgan fingerprint density at radius 2 is 1.94 bits per heavy atom. The topological polar surface area (TPSA) is 33.1 Å². The highest BCUT2D eigenvalue weighted by atomic mass is 35.5. The van der Waals surface area contributed by atoms with Gasteiger partial charge < -0.3 is 5.11 Å². The van der Waals surface area contributed by atoms with Crippen LogP contribution in [0.2, 0.25) is 5.15 Å². The average Bonchev–Trinajstić information content (AvgIpc) is 2.33. The summed E-state index contributed by atoms with van der Waals surface area (Å²) in [6, 6.07) is 6.62. The first-order valence-corrected chi connectivity index (χ1v) is 5.21. The van der Waals surface area contributed by atoms with Crippen molar-refractivity contribution < 1.29 is 13.9 Å². The Kier molecular flexibility index (Phi) is 3.36. The van der Waals surface area contributed by atoms with Gasteiger partial charge in [0.2, 0.25) is 0 Å². The molecule has 1 aromatic carbocycles. The first-order chi connectivity index (χ1) is 8.09. The zero-order chi connectivity index (χ0) is 12.4. The number of aliphatic hydroxyl groups excluding tert-OH is 1. The lowest BCUT2D eigenvalue weighted by molar-refractivity contribution is 0.213. The molecule has 2 nitrogen and oxygen atoms in total. The first kappa shape index (κ1) is 12.0. The highest BCUT2D eigenvalue weighted by Crippen LogP contribution is 2.25. The Hall–Kier alpha value is -1.52. The van der Waals surface area contributed by atoms with E-state index in [2.05, 4.69) is 4.98 Å². The molecule has 1 heterocycles. The number of nitrogens with zero attached hydrogens (tertiary/aromatic N) is 1. The molecule has 5 heteroatoms. The van der Waals surface area contributed by atoms with Crippen molar-refractivity contribution in [3.05, 3.63) is 64.4 Å². The van der Waals surface area contributed by atoms with Crippen LogP contribution < -0.4 is 0 Å². The summed E-state index contributed by atoms with van der Waals surface area (Å²) in [5, 5.41) is 10.2. The lowest BCUT2D eigenvalue weighted by atomic mass is 10.0. The van der Waals surface area contributed by atoms with Crippen molar-refractivity contribution >= 4 is 11.6 Å². The molecular formula is C12H8ClF2NO. The van der Waals surface area contributed by atoms with Crippen molar-refractivity contribution in [2.45, 2.75) is 6.10 Å². The quantitative estimate of drug-likeness (QED) is 0.837. The van der Waals surface area contributed by atoms with Gasteiger partial charge in [0.15, 0.2) is 11.6 Å². The van der Waals surface area contributed by atoms with Crippen molar-refractivity contribution in [1.82, 2.24) is 4.98 Å². The molecule has 0 spiro atoms. The molecule has 0 saturated carbocycles. The Balaban J connectivity index is 2.40. The minimum absolute atomic E-state index is 0.130. The lowest BCUT2D eigenvalue weighted by Crippen LogP contribution is -2.04. The maximum atomic E-state index is 13.4. The summed E-state index contributed by atoms with van der Waals surface area (Å²) < 4.78 is 26.4. The second-order valence-electron chi connectivity index (χ2n) is 3.46. The second-order valence-corrected chi connectivity index (χ2v) is 3.85. The third-order valence-corrected chi connectivity index (χ3v) is 2.57. The average molecular weight is 256 g/mol. The SMILES string of the molecule is OC(c1ccc(Cl)nc1)c1cccc(F)c1F. The van der Waals surface area contributed by atoms with Crippen molar-refractivity contribution in [2.75, 3.05) is 0 Å². The van der Waals surface area contributed by atoms with Crippen molar-refractivity contribution in [3.63, 3.8) is 0 Å². The zero-order valence-corrected chi connectivity index (χ0v) is 9.33. The van der Waals surface area contributed by atoms with Gasteiger partial charge in [-0.3, -0.25) is 0 Å². The molecule has 0 aliphatic rings. The standard InChI is InChI=1S/C12H8ClF2NO/c13-10-5-4-7(6-16-10)12(17)8-2-1-3-9(14)11(8)15/h1-6,12,17H. The number of hydrogen-bond acceptors (Lipinski definition) is 2. The van der Waals surface area contributed by atoms with Crippen LogP contribution in [0.5, 0.6) is 0 Å². The molecule has 0 fully saturated rings. The summed E-state index contributed by atoms with van der Waals surface area (Å²) in [7, 11) is 0. The van der Waals surface area contributed by atoms with E-state index in [1.54, 1.807) is 0 Å². The van der Waals surface area contributed by atoms with Crippen LogP contribution in [-0.2, 0) is 0 Å². The Morgan fingerprint density at radius 3 is 2.59 bits per heavy atom. The predicted octanol–water partition coefficient (Wildman–Crippen LogP) is 3.09. The predicted molar refractivity (Wildman–Crippen MR) is 59.7 cm³/mol. The fourth-order valence-corrected chi connectivity index (χ4v) is 1.57. The summed E-state index contributed by atoms with van der Waals surface area (Å²) >= 11 is 5.59. The number of pyridine rings is 1. The molecule has 0 aliphatic carbocycles. The molecule has 1 unspecified atom stereocenters. The maximum Gasteiger partial charge on any atom is 0.164 e. The normalized spacial score (nSPS) is 12.5. The molecule has 88 valence electrons. The second kappa shape index (κ2) is 4.77. The van der Waals surface area contributed by atoms with Crippen LogP contribution in [0.15, 0.2) is 36.5 Å². The van der Waals surface area contributed by atoms with E-state index in [0.29, 0.717) is 5.56 Å². The van der Waals surface area contributed by atoms with Gasteiger partial charge in [0, 0.05) is 17.3 Å². The summed E-state index contributed by atoms with van der Waals surface area (Å²) in [5.74, 6) is -2.06. The molecule has 0 saturated heterocycles. The van der Waals surface area contributed by atoms with Crippen molar-refractivity contribution in [3.8, 4) is 0 Å². The van der Waals surface area contributed by atoms with E-state index in [4.69, 9.17) is 11.6 Å². The molecule has 2 aromatic rings. The van der Waals surface area contributed by atoms with Gasteiger partial charge in [-0.1, -0.05) is 29.8 Å². The van der Waals surface area contributed by atoms with Gasteiger partial charge >= 0.3 is 0 Å². The van der Waals surface area contributed by atoms with E-state index < -0.39 is 17.7 Å². The molecule has 1 N–H and O–H groups in total. The molecule has 0 bridgehead atoms. The van der Waals surface area contributed by atoms with Gasteiger partial charge in [0.1, 0.15) is 11.3 Å². The summed E-state index contributed by atoms with van der Waals surface area (Å²) in [5.41, 5.74) is 0.216. The molecular weight excluding hydrogens is 248 g/mol. The molecule has 0 aliphatic heterocycles. The van der Waals surface area contributed by atoms with Crippen LogP contribution in [0.1, 0.15) is 17.2 Å². The molecule has 1 aromatic heterocycles. The Morgan fingerprint density at radius 1 is 1.18 bits per heavy atom. The molecule has 0 radical (unpaired) electrons. The molecule has 17 heavy (non-hydrogen) atoms. The van der Waals surface area contributed by atoms with Crippen LogP contribution in [-0.4, -0.2) is 10.1 Å². The Bertz CT molecular complexity index is 531. The van der Waals surface area contributed by atoms with Crippen LogP contribution in [0, 0.1) is 11.6 Å². The van der Waals surface area contributed by atoms with E-state index in [-0.39, 0.29) is 10.7 Å². The molecule has 0 amide bonds. The summed E-state index contributed by atoms with van der Waals surface area (Å²) in [6.45, 7) is 0. The van der Waals surface area contributed by atoms with Crippen LogP contribution in [0.25, 0.3) is 0 Å².